The molecule has 6 nitrogen and oxygen atoms in total. The van der Waals surface area contributed by atoms with Crippen molar-refractivity contribution in [3.63, 3.8) is 0 Å². The molecule has 0 amide bonds. The van der Waals surface area contributed by atoms with Crippen molar-refractivity contribution in [2.45, 2.75) is 6.18 Å². The fourth-order valence-corrected chi connectivity index (χ4v) is 2.89. The summed E-state index contributed by atoms with van der Waals surface area (Å²) in [5.41, 5.74) is 1.86. The Kier molecular flexibility index (Phi) is 5.97. The minimum atomic E-state index is -4.47. The van der Waals surface area contributed by atoms with Gasteiger partial charge >= 0.3 is 6.18 Å². The predicted molar refractivity (Wildman–Crippen MR) is 110 cm³/mol. The maximum absolute atomic E-state index is 12.9. The molecule has 10 heteroatoms. The van der Waals surface area contributed by atoms with E-state index in [1.807, 2.05) is 28.7 Å². The van der Waals surface area contributed by atoms with Crippen LogP contribution >= 0.6 is 22.6 Å². The molecule has 1 heterocycles. The number of hydrogen-bond acceptors (Lipinski definition) is 5. The topological polar surface area (TPSA) is 93.9 Å². The van der Waals surface area contributed by atoms with Gasteiger partial charge in [0.1, 0.15) is 11.6 Å². The van der Waals surface area contributed by atoms with Crippen LogP contribution in [0.25, 0.3) is 11.3 Å². The lowest BCUT2D eigenvalue weighted by Crippen LogP contribution is -2.16. The monoisotopic (exact) mass is 509 g/mol. The van der Waals surface area contributed by atoms with Crippen molar-refractivity contribution in [1.82, 2.24) is 9.97 Å². The van der Waals surface area contributed by atoms with Crippen LogP contribution in [0, 0.1) is 14.9 Å². The summed E-state index contributed by atoms with van der Waals surface area (Å²) < 4.78 is 39.2. The summed E-state index contributed by atoms with van der Waals surface area (Å²) in [5, 5.41) is 13.1. The van der Waals surface area contributed by atoms with Gasteiger partial charge in [0.2, 0.25) is 5.95 Å². The number of nitrogens with zero attached hydrogens (tertiary/aromatic N) is 3. The zero-order valence-electron chi connectivity index (χ0n) is 14.5. The van der Waals surface area contributed by atoms with E-state index in [-0.39, 0.29) is 22.8 Å². The quantitative estimate of drug-likeness (QED) is 0.310. The molecule has 0 bridgehead atoms. The number of H-pyrrole nitrogens is 1. The molecule has 2 aromatic carbocycles. The van der Waals surface area contributed by atoms with Crippen LogP contribution in [-0.2, 0) is 6.18 Å². The molecule has 0 saturated carbocycles. The number of rotatable bonds is 4. The van der Waals surface area contributed by atoms with Crippen LogP contribution < -0.4 is 11.0 Å². The number of hydrogen-bond donors (Lipinski definition) is 2. The van der Waals surface area contributed by atoms with E-state index in [2.05, 4.69) is 20.5 Å². The van der Waals surface area contributed by atoms with Crippen molar-refractivity contribution in [2.75, 3.05) is 5.43 Å². The van der Waals surface area contributed by atoms with Gasteiger partial charge in [-0.2, -0.15) is 23.5 Å². The van der Waals surface area contributed by atoms with E-state index in [1.54, 1.807) is 30.3 Å². The molecule has 0 aliphatic heterocycles. The van der Waals surface area contributed by atoms with Crippen molar-refractivity contribution in [3.05, 3.63) is 79.1 Å². The predicted octanol–water partition coefficient (Wildman–Crippen LogP) is 4.38. The highest BCUT2D eigenvalue weighted by Crippen LogP contribution is 2.30. The first-order valence-corrected chi connectivity index (χ1v) is 9.13. The molecule has 1 aromatic heterocycles. The van der Waals surface area contributed by atoms with Gasteiger partial charge in [0.15, 0.2) is 0 Å². The molecule has 0 spiro atoms. The smallest absolute Gasteiger partial charge is 0.290 e. The highest BCUT2D eigenvalue weighted by Gasteiger charge is 2.30. The molecule has 0 atom stereocenters. The molecule has 0 aliphatic rings. The van der Waals surface area contributed by atoms with Crippen molar-refractivity contribution in [2.24, 2.45) is 5.10 Å². The molecule has 2 N–H and O–H groups in total. The molecule has 29 heavy (non-hydrogen) atoms. The van der Waals surface area contributed by atoms with Gasteiger partial charge in [-0.05, 0) is 40.8 Å². The first-order valence-electron chi connectivity index (χ1n) is 8.05. The fourth-order valence-electron chi connectivity index (χ4n) is 2.42. The first-order chi connectivity index (χ1) is 13.8. The van der Waals surface area contributed by atoms with Crippen LogP contribution in [-0.4, -0.2) is 16.2 Å². The standard InChI is InChI=1S/C19H11F3IN5O/c20-19(21,22)13-6-7-15(23)12(8-13)10-25-28-18-26-16(11-4-2-1-3-5-11)14(9-24)17(29)27-18/h1-8,10H,(H2,26,27,28,29). The van der Waals surface area contributed by atoms with Crippen molar-refractivity contribution < 1.29 is 13.2 Å². The lowest BCUT2D eigenvalue weighted by atomic mass is 10.1. The minimum absolute atomic E-state index is 0.0499. The molecule has 0 aliphatic carbocycles. The maximum Gasteiger partial charge on any atom is 0.416 e. The van der Waals surface area contributed by atoms with Gasteiger partial charge in [-0.15, -0.1) is 0 Å². The van der Waals surface area contributed by atoms with Gasteiger partial charge in [0.25, 0.3) is 5.56 Å². The Morgan fingerprint density at radius 1 is 1.21 bits per heavy atom. The van der Waals surface area contributed by atoms with Gasteiger partial charge < -0.3 is 0 Å². The molecule has 3 rings (SSSR count). The second kappa shape index (κ2) is 8.44. The average molecular weight is 509 g/mol. The molecular weight excluding hydrogens is 498 g/mol. The van der Waals surface area contributed by atoms with Gasteiger partial charge in [-0.3, -0.25) is 9.78 Å². The van der Waals surface area contributed by atoms with Crippen LogP contribution in [0.4, 0.5) is 19.1 Å². The van der Waals surface area contributed by atoms with E-state index in [0.29, 0.717) is 9.13 Å². The number of benzene rings is 2. The summed E-state index contributed by atoms with van der Waals surface area (Å²) in [7, 11) is 0. The van der Waals surface area contributed by atoms with Crippen LogP contribution in [0.3, 0.4) is 0 Å². The number of nitriles is 1. The van der Waals surface area contributed by atoms with Crippen LogP contribution in [0.2, 0.25) is 0 Å². The van der Waals surface area contributed by atoms with E-state index in [9.17, 15) is 23.2 Å². The van der Waals surface area contributed by atoms with Crippen LogP contribution in [0.15, 0.2) is 58.4 Å². The van der Waals surface area contributed by atoms with E-state index in [0.717, 1.165) is 12.1 Å². The highest BCUT2D eigenvalue weighted by molar-refractivity contribution is 14.1. The van der Waals surface area contributed by atoms with Gasteiger partial charge in [0, 0.05) is 14.7 Å². The fraction of sp³-hybridized carbons (Fsp3) is 0.0526. The van der Waals surface area contributed by atoms with E-state index < -0.39 is 17.3 Å². The number of hydrazone groups is 1. The second-order valence-electron chi connectivity index (χ2n) is 5.72. The van der Waals surface area contributed by atoms with E-state index >= 15 is 0 Å². The Labute approximate surface area is 176 Å². The lowest BCUT2D eigenvalue weighted by molar-refractivity contribution is -0.137. The van der Waals surface area contributed by atoms with E-state index in [4.69, 9.17) is 0 Å². The number of aromatic nitrogens is 2. The average Bonchev–Trinajstić information content (AvgIpc) is 2.69. The zero-order valence-corrected chi connectivity index (χ0v) is 16.6. The molecule has 0 unspecified atom stereocenters. The van der Waals surface area contributed by atoms with Crippen LogP contribution in [0.1, 0.15) is 16.7 Å². The number of aromatic amines is 1. The van der Waals surface area contributed by atoms with E-state index in [1.165, 1.54) is 12.3 Å². The third kappa shape index (κ3) is 4.80. The van der Waals surface area contributed by atoms with Crippen molar-refractivity contribution >= 4 is 34.8 Å². The summed E-state index contributed by atoms with van der Waals surface area (Å²) in [6, 6.07) is 13.8. The Morgan fingerprint density at radius 3 is 2.59 bits per heavy atom. The van der Waals surface area contributed by atoms with Gasteiger partial charge in [-0.1, -0.05) is 30.3 Å². The maximum atomic E-state index is 12.9. The third-order valence-corrected chi connectivity index (χ3v) is 4.76. The summed E-state index contributed by atoms with van der Waals surface area (Å²) >= 11 is 1.89. The minimum Gasteiger partial charge on any atom is -0.290 e. The largest absolute Gasteiger partial charge is 0.416 e. The summed E-state index contributed by atoms with van der Waals surface area (Å²) in [4.78, 5) is 18.7. The molecule has 146 valence electrons. The van der Waals surface area contributed by atoms with Gasteiger partial charge in [-0.25, -0.2) is 10.4 Å². The molecule has 0 radical (unpaired) electrons. The number of nitrogens with one attached hydrogen (secondary N) is 2. The Morgan fingerprint density at radius 2 is 1.93 bits per heavy atom. The summed E-state index contributed by atoms with van der Waals surface area (Å²) in [5.74, 6) is -0.0499. The number of anilines is 1. The zero-order chi connectivity index (χ0) is 21.0. The van der Waals surface area contributed by atoms with Crippen LogP contribution in [0.5, 0.6) is 0 Å². The molecule has 3 aromatic rings. The lowest BCUT2D eigenvalue weighted by Gasteiger charge is -2.08. The van der Waals surface area contributed by atoms with Crippen molar-refractivity contribution in [3.8, 4) is 17.3 Å². The highest BCUT2D eigenvalue weighted by atomic mass is 127. The second-order valence-corrected chi connectivity index (χ2v) is 6.88. The van der Waals surface area contributed by atoms with Crippen molar-refractivity contribution in [1.29, 1.82) is 5.26 Å². The first kappa shape index (κ1) is 20.5. The Hall–Kier alpha value is -3.20. The molecule has 0 saturated heterocycles. The Bertz CT molecular complexity index is 1170. The Balaban J connectivity index is 1.92. The van der Waals surface area contributed by atoms with Gasteiger partial charge in [0.05, 0.1) is 17.5 Å². The molecule has 0 fully saturated rings. The summed E-state index contributed by atoms with van der Waals surface area (Å²) in [6.07, 6.45) is -3.28. The number of halogens is 4. The normalized spacial score (nSPS) is 11.4. The third-order valence-electron chi connectivity index (χ3n) is 3.78. The summed E-state index contributed by atoms with van der Waals surface area (Å²) in [6.45, 7) is 0. The molecular formula is C19H11F3IN5O. The number of alkyl halides is 3. The SMILES string of the molecule is N#Cc1c(-c2ccccc2)nc(NN=Cc2cc(C(F)(F)F)ccc2I)[nH]c1=O.